The van der Waals surface area contributed by atoms with Crippen LogP contribution in [0.15, 0.2) is 241 Å². The van der Waals surface area contributed by atoms with Crippen LogP contribution >= 0.6 is 0 Å². The number of nitrogens with zero attached hydrogens (tertiary/aromatic N) is 1. The van der Waals surface area contributed by atoms with E-state index in [-0.39, 0.29) is 0 Å². The fraction of sp³-hybridized carbons (Fsp3) is 0. The highest BCUT2D eigenvalue weighted by atomic mass is 16.3. The van der Waals surface area contributed by atoms with Crippen molar-refractivity contribution < 1.29 is 4.42 Å². The summed E-state index contributed by atoms with van der Waals surface area (Å²) in [6, 6.07) is 84.7. The lowest BCUT2D eigenvalue weighted by Gasteiger charge is -2.28. The highest BCUT2D eigenvalue weighted by Crippen LogP contribution is 2.44. The van der Waals surface area contributed by atoms with Gasteiger partial charge in [0.25, 0.3) is 0 Å². The molecular formula is C58H39NO. The Morgan fingerprint density at radius 1 is 0.283 bits per heavy atom. The lowest BCUT2D eigenvalue weighted by Crippen LogP contribution is -2.10. The van der Waals surface area contributed by atoms with Crippen LogP contribution in [0.5, 0.6) is 0 Å². The quantitative estimate of drug-likeness (QED) is 0.143. The summed E-state index contributed by atoms with van der Waals surface area (Å²) in [6.45, 7) is 0. The molecule has 0 atom stereocenters. The number of anilines is 3. The van der Waals surface area contributed by atoms with Crippen molar-refractivity contribution in [3.05, 3.63) is 237 Å². The zero-order valence-electron chi connectivity index (χ0n) is 32.9. The molecule has 10 aromatic carbocycles. The lowest BCUT2D eigenvalue weighted by molar-refractivity contribution is 0.632. The molecular weight excluding hydrogens is 727 g/mol. The van der Waals surface area contributed by atoms with E-state index in [9.17, 15) is 0 Å². The van der Waals surface area contributed by atoms with Gasteiger partial charge in [-0.25, -0.2) is 0 Å². The van der Waals surface area contributed by atoms with Gasteiger partial charge in [0, 0.05) is 33.3 Å². The second-order valence-electron chi connectivity index (χ2n) is 15.3. The Kier molecular flexibility index (Phi) is 8.87. The number of hydrogen-bond acceptors (Lipinski definition) is 2. The van der Waals surface area contributed by atoms with E-state index in [2.05, 4.69) is 235 Å². The molecule has 1 aromatic heterocycles. The largest absolute Gasteiger partial charge is 0.455 e. The Hall–Kier alpha value is -7.94. The first-order chi connectivity index (χ1) is 29.7. The van der Waals surface area contributed by atoms with E-state index in [1.165, 1.54) is 43.8 Å². The number of benzene rings is 10. The summed E-state index contributed by atoms with van der Waals surface area (Å²) < 4.78 is 6.60. The third-order valence-corrected chi connectivity index (χ3v) is 11.7. The highest BCUT2D eigenvalue weighted by Gasteiger charge is 2.20. The van der Waals surface area contributed by atoms with Gasteiger partial charge >= 0.3 is 0 Å². The van der Waals surface area contributed by atoms with Gasteiger partial charge in [-0.1, -0.05) is 194 Å². The van der Waals surface area contributed by atoms with Crippen LogP contribution in [0.25, 0.3) is 88.3 Å². The molecule has 0 N–H and O–H groups in total. The van der Waals surface area contributed by atoms with Crippen molar-refractivity contribution in [3.63, 3.8) is 0 Å². The third-order valence-electron chi connectivity index (χ3n) is 11.7. The first-order valence-electron chi connectivity index (χ1n) is 20.5. The Morgan fingerprint density at radius 2 is 0.733 bits per heavy atom. The molecule has 0 aliphatic rings. The first kappa shape index (κ1) is 35.2. The van der Waals surface area contributed by atoms with Crippen LogP contribution in [0.3, 0.4) is 0 Å². The van der Waals surface area contributed by atoms with Gasteiger partial charge < -0.3 is 9.32 Å². The maximum absolute atomic E-state index is 6.60. The van der Waals surface area contributed by atoms with Gasteiger partial charge in [-0.3, -0.25) is 0 Å². The second-order valence-corrected chi connectivity index (χ2v) is 15.3. The molecule has 1 heterocycles. The molecule has 0 aliphatic heterocycles. The second kappa shape index (κ2) is 15.1. The molecule has 0 unspecified atom stereocenters. The van der Waals surface area contributed by atoms with Gasteiger partial charge in [0.1, 0.15) is 11.3 Å². The van der Waals surface area contributed by atoms with Gasteiger partial charge in [0.2, 0.25) is 0 Å². The van der Waals surface area contributed by atoms with E-state index in [0.717, 1.165) is 61.6 Å². The molecule has 0 amide bonds. The van der Waals surface area contributed by atoms with Crippen LogP contribution in [0, 0.1) is 0 Å². The molecule has 2 nitrogen and oxygen atoms in total. The first-order valence-corrected chi connectivity index (χ1v) is 20.5. The van der Waals surface area contributed by atoms with Crippen molar-refractivity contribution in [1.29, 1.82) is 0 Å². The predicted octanol–water partition coefficient (Wildman–Crippen LogP) is 16.5. The molecule has 282 valence electrons. The maximum atomic E-state index is 6.60. The van der Waals surface area contributed by atoms with Gasteiger partial charge in [0.15, 0.2) is 0 Å². The van der Waals surface area contributed by atoms with Crippen molar-refractivity contribution in [2.45, 2.75) is 0 Å². The van der Waals surface area contributed by atoms with Gasteiger partial charge in [-0.15, -0.1) is 0 Å². The van der Waals surface area contributed by atoms with E-state index in [4.69, 9.17) is 4.42 Å². The Balaban J connectivity index is 0.992. The fourth-order valence-electron chi connectivity index (χ4n) is 8.72. The van der Waals surface area contributed by atoms with Crippen molar-refractivity contribution in [3.8, 4) is 55.8 Å². The average molecular weight is 766 g/mol. The molecule has 60 heavy (non-hydrogen) atoms. The van der Waals surface area contributed by atoms with Crippen molar-refractivity contribution in [1.82, 2.24) is 0 Å². The summed E-state index contributed by atoms with van der Waals surface area (Å²) in [6.07, 6.45) is 0. The standard InChI is InChI=1S/C58H39NO/c1-3-14-40(15-4-1)41-26-28-42(29-27-41)43-30-34-49(35-31-43)59(55-39-47-18-7-8-21-51(47)52-22-9-10-23-53(52)55)50-36-32-44(33-37-50)46-19-13-20-48(38-46)58-57(45-16-5-2-6-17-45)54-24-11-12-25-56(54)60-58/h1-39H. The normalized spacial score (nSPS) is 11.3. The Bertz CT molecular complexity index is 3270. The van der Waals surface area contributed by atoms with E-state index >= 15 is 0 Å². The minimum absolute atomic E-state index is 0.880. The number of para-hydroxylation sites is 1. The summed E-state index contributed by atoms with van der Waals surface area (Å²) >= 11 is 0. The predicted molar refractivity (Wildman–Crippen MR) is 253 cm³/mol. The minimum Gasteiger partial charge on any atom is -0.455 e. The molecule has 0 fully saturated rings. The van der Waals surface area contributed by atoms with Crippen LogP contribution in [0.1, 0.15) is 0 Å². The number of rotatable bonds is 8. The monoisotopic (exact) mass is 765 g/mol. The molecule has 0 aliphatic carbocycles. The topological polar surface area (TPSA) is 16.4 Å². The molecule has 0 saturated heterocycles. The Labute approximate surface area is 349 Å². The van der Waals surface area contributed by atoms with Gasteiger partial charge in [-0.05, 0) is 97.6 Å². The highest BCUT2D eigenvalue weighted by molar-refractivity contribution is 6.14. The van der Waals surface area contributed by atoms with Crippen LogP contribution in [-0.2, 0) is 0 Å². The van der Waals surface area contributed by atoms with Crippen LogP contribution in [-0.4, -0.2) is 0 Å². The molecule has 2 heteroatoms. The van der Waals surface area contributed by atoms with Crippen molar-refractivity contribution >= 4 is 49.6 Å². The molecule has 11 aromatic rings. The smallest absolute Gasteiger partial charge is 0.143 e. The van der Waals surface area contributed by atoms with E-state index in [1.807, 2.05) is 6.07 Å². The van der Waals surface area contributed by atoms with Crippen molar-refractivity contribution in [2.24, 2.45) is 0 Å². The van der Waals surface area contributed by atoms with E-state index in [1.54, 1.807) is 0 Å². The number of hydrogen-bond donors (Lipinski definition) is 0. The SMILES string of the molecule is c1ccc(-c2ccc(-c3ccc(N(c4ccc(-c5cccc(-c6oc7ccccc7c6-c6ccccc6)c5)cc4)c4cc5ccccc5c5ccccc45)cc3)cc2)cc1. The molecule has 0 bridgehead atoms. The van der Waals surface area contributed by atoms with Crippen molar-refractivity contribution in [2.75, 3.05) is 4.90 Å². The minimum atomic E-state index is 0.880. The summed E-state index contributed by atoms with van der Waals surface area (Å²) in [5, 5.41) is 6.01. The van der Waals surface area contributed by atoms with Gasteiger partial charge in [-0.2, -0.15) is 0 Å². The number of furan rings is 1. The fourth-order valence-corrected chi connectivity index (χ4v) is 8.72. The molecule has 0 saturated carbocycles. The van der Waals surface area contributed by atoms with E-state index < -0.39 is 0 Å². The summed E-state index contributed by atoms with van der Waals surface area (Å²) in [7, 11) is 0. The van der Waals surface area contributed by atoms with Gasteiger partial charge in [0.05, 0.1) is 5.69 Å². The molecule has 11 rings (SSSR count). The van der Waals surface area contributed by atoms with E-state index in [0.29, 0.717) is 0 Å². The van der Waals surface area contributed by atoms with Crippen LogP contribution < -0.4 is 4.90 Å². The zero-order chi connectivity index (χ0) is 39.8. The molecule has 0 spiro atoms. The summed E-state index contributed by atoms with van der Waals surface area (Å²) in [5.41, 5.74) is 14.6. The average Bonchev–Trinajstić information content (AvgIpc) is 3.73. The number of fused-ring (bicyclic) bond motifs is 4. The third kappa shape index (κ3) is 6.41. The zero-order valence-corrected chi connectivity index (χ0v) is 32.9. The molecule has 0 radical (unpaired) electrons. The Morgan fingerprint density at radius 3 is 1.38 bits per heavy atom. The maximum Gasteiger partial charge on any atom is 0.143 e. The summed E-state index contributed by atoms with van der Waals surface area (Å²) in [5.74, 6) is 0.880. The van der Waals surface area contributed by atoms with Crippen LogP contribution in [0.2, 0.25) is 0 Å². The summed E-state index contributed by atoms with van der Waals surface area (Å²) in [4.78, 5) is 2.40. The lowest BCUT2D eigenvalue weighted by atomic mass is 9.96. The van der Waals surface area contributed by atoms with Crippen LogP contribution in [0.4, 0.5) is 17.1 Å².